The molecule has 2 aliphatic rings. The van der Waals surface area contributed by atoms with Gasteiger partial charge in [0, 0.05) is 53.4 Å². The maximum absolute atomic E-state index is 13.6. The zero-order valence-corrected chi connectivity index (χ0v) is 29.1. The fourth-order valence-electron chi connectivity index (χ4n) is 5.98. The first kappa shape index (κ1) is 32.4. The third kappa shape index (κ3) is 6.81. The van der Waals surface area contributed by atoms with Gasteiger partial charge >= 0.3 is 12.1 Å². The average molecular weight is 700 g/mol. The second kappa shape index (κ2) is 12.6. The maximum Gasteiger partial charge on any atom is 0.408 e. The van der Waals surface area contributed by atoms with E-state index in [1.807, 2.05) is 75.5 Å². The van der Waals surface area contributed by atoms with Crippen molar-refractivity contribution >= 4 is 56.2 Å². The Hall–Kier alpha value is -4.51. The molecule has 4 aromatic rings. The van der Waals surface area contributed by atoms with Crippen LogP contribution in [0.2, 0.25) is 0 Å². The van der Waals surface area contributed by atoms with E-state index in [0.717, 1.165) is 62.4 Å². The summed E-state index contributed by atoms with van der Waals surface area (Å²) < 4.78 is 6.37. The summed E-state index contributed by atoms with van der Waals surface area (Å²) in [6.07, 6.45) is 1.11. The van der Waals surface area contributed by atoms with Crippen molar-refractivity contribution in [2.75, 3.05) is 36.0 Å². The van der Waals surface area contributed by atoms with Crippen molar-refractivity contribution in [3.63, 3.8) is 0 Å². The Kier molecular flexibility index (Phi) is 8.69. The van der Waals surface area contributed by atoms with Crippen molar-refractivity contribution in [2.45, 2.75) is 53.2 Å². The van der Waals surface area contributed by atoms with E-state index in [1.165, 1.54) is 0 Å². The number of fused-ring (bicyclic) bond motifs is 5. The van der Waals surface area contributed by atoms with Crippen LogP contribution >= 0.6 is 15.9 Å². The highest BCUT2D eigenvalue weighted by Crippen LogP contribution is 2.46. The highest BCUT2D eigenvalue weighted by atomic mass is 79.9. The molecule has 0 spiro atoms. The lowest BCUT2D eigenvalue weighted by Crippen LogP contribution is -2.50. The Morgan fingerprint density at radius 3 is 2.23 bits per heavy atom. The largest absolute Gasteiger partial charge is 0.444 e. The molecule has 47 heavy (non-hydrogen) atoms. The van der Waals surface area contributed by atoms with Crippen LogP contribution in [0.25, 0.3) is 22.0 Å². The Balaban J connectivity index is 1.40. The van der Waals surface area contributed by atoms with E-state index in [4.69, 9.17) is 14.6 Å². The van der Waals surface area contributed by atoms with E-state index in [1.54, 1.807) is 20.8 Å². The molecule has 0 radical (unpaired) electrons. The molecule has 1 fully saturated rings. The average Bonchev–Trinajstić information content (AvgIpc) is 3.36. The minimum absolute atomic E-state index is 0.519. The molecular formula is C36H39BrN6O4. The molecule has 0 saturated carbocycles. The van der Waals surface area contributed by atoms with Gasteiger partial charge in [-0.15, -0.1) is 0 Å². The zero-order valence-electron chi connectivity index (χ0n) is 27.5. The van der Waals surface area contributed by atoms with Crippen molar-refractivity contribution in [1.82, 2.24) is 15.3 Å². The van der Waals surface area contributed by atoms with Gasteiger partial charge in [-0.1, -0.05) is 72.2 Å². The molecule has 6 rings (SSSR count). The number of ether oxygens (including phenoxy) is 1. The van der Waals surface area contributed by atoms with Gasteiger partial charge in [-0.3, -0.25) is 0 Å². The molecule has 0 bridgehead atoms. The molecule has 3 heterocycles. The number of amides is 1. The summed E-state index contributed by atoms with van der Waals surface area (Å²) in [4.78, 5) is 46.3. The SMILES string of the molecule is CC(C)(C)OC(=O)N[C@H](C(=O)O/N=C1\c2ccccc2-c2c1c(N1CCN(c3ccccn3)CC1)nc1ccc(Br)cc21)C(C)(C)C. The molecule has 0 unspecified atom stereocenters. The van der Waals surface area contributed by atoms with Crippen molar-refractivity contribution in [3.05, 3.63) is 82.5 Å². The number of anilines is 2. The first-order valence-electron chi connectivity index (χ1n) is 15.7. The van der Waals surface area contributed by atoms with Crippen LogP contribution in [0.3, 0.4) is 0 Å². The molecular weight excluding hydrogens is 660 g/mol. The standard InChI is InChI=1S/C36H39BrN6O4/c1-35(2,3)31(40-34(45)46-36(4,5)6)33(44)47-41-30-24-12-8-7-11-23(24)28-25-21-22(37)14-15-26(25)39-32(29(28)30)43-19-17-42(18-20-43)27-13-9-10-16-38-27/h7-16,21,31H,17-20H2,1-6H3,(H,40,45)/b41-30+/t31-/m1/s1. The summed E-state index contributed by atoms with van der Waals surface area (Å²) in [6, 6.07) is 19.0. The molecule has 1 N–H and O–H groups in total. The molecule has 1 aliphatic carbocycles. The maximum atomic E-state index is 13.6. The molecule has 1 atom stereocenters. The minimum Gasteiger partial charge on any atom is -0.444 e. The Bertz CT molecular complexity index is 1860. The number of halogens is 1. The van der Waals surface area contributed by atoms with E-state index in [0.29, 0.717) is 18.8 Å². The number of benzene rings is 2. The van der Waals surface area contributed by atoms with Gasteiger partial charge in [-0.25, -0.2) is 19.6 Å². The Morgan fingerprint density at radius 2 is 1.57 bits per heavy atom. The summed E-state index contributed by atoms with van der Waals surface area (Å²) in [5.74, 6) is 1.04. The van der Waals surface area contributed by atoms with Crippen molar-refractivity contribution < 1.29 is 19.2 Å². The van der Waals surface area contributed by atoms with Gasteiger partial charge in [0.25, 0.3) is 0 Å². The number of aromatic nitrogens is 2. The Morgan fingerprint density at radius 1 is 0.894 bits per heavy atom. The van der Waals surface area contributed by atoms with Gasteiger partial charge in [0.2, 0.25) is 0 Å². The predicted molar refractivity (Wildman–Crippen MR) is 188 cm³/mol. The number of piperazine rings is 1. The van der Waals surface area contributed by atoms with Crippen LogP contribution in [0.15, 0.2) is 76.5 Å². The number of nitrogens with one attached hydrogen (secondary N) is 1. The normalized spacial score (nSPS) is 16.1. The second-order valence-electron chi connectivity index (χ2n) is 13.8. The Labute approximate surface area is 283 Å². The summed E-state index contributed by atoms with van der Waals surface area (Å²) in [5.41, 5.74) is 3.59. The smallest absolute Gasteiger partial charge is 0.408 e. The van der Waals surface area contributed by atoms with E-state index in [9.17, 15) is 9.59 Å². The minimum atomic E-state index is -1.01. The van der Waals surface area contributed by atoms with Crippen LogP contribution in [0.1, 0.15) is 52.7 Å². The first-order chi connectivity index (χ1) is 22.3. The monoisotopic (exact) mass is 698 g/mol. The molecule has 1 saturated heterocycles. The molecule has 2 aromatic carbocycles. The van der Waals surface area contributed by atoms with Crippen molar-refractivity contribution in [1.29, 1.82) is 0 Å². The van der Waals surface area contributed by atoms with E-state index < -0.39 is 29.1 Å². The highest BCUT2D eigenvalue weighted by Gasteiger charge is 2.38. The van der Waals surface area contributed by atoms with Gasteiger partial charge in [-0.2, -0.15) is 0 Å². The zero-order chi connectivity index (χ0) is 33.5. The van der Waals surface area contributed by atoms with Crippen molar-refractivity contribution in [2.24, 2.45) is 10.6 Å². The molecule has 1 amide bonds. The van der Waals surface area contributed by atoms with Crippen LogP contribution in [-0.4, -0.2) is 65.6 Å². The summed E-state index contributed by atoms with van der Waals surface area (Å²) in [6.45, 7) is 13.8. The molecule has 10 nitrogen and oxygen atoms in total. The van der Waals surface area contributed by atoms with Gasteiger partial charge in [0.15, 0.2) is 0 Å². The fourth-order valence-corrected chi connectivity index (χ4v) is 6.34. The first-order valence-corrected chi connectivity index (χ1v) is 16.5. The number of nitrogens with zero attached hydrogens (tertiary/aromatic N) is 5. The number of carbonyl (C=O) groups excluding carboxylic acids is 2. The third-order valence-corrected chi connectivity index (χ3v) is 8.65. The number of pyridine rings is 2. The lowest BCUT2D eigenvalue weighted by atomic mass is 9.87. The number of oxime groups is 1. The molecule has 244 valence electrons. The fraction of sp³-hybridized carbons (Fsp3) is 0.361. The van der Waals surface area contributed by atoms with Crippen LogP contribution in [0.5, 0.6) is 0 Å². The number of hydrogen-bond donors (Lipinski definition) is 1. The van der Waals surface area contributed by atoms with E-state index >= 15 is 0 Å². The van der Waals surface area contributed by atoms with Crippen LogP contribution in [-0.2, 0) is 14.4 Å². The van der Waals surface area contributed by atoms with Gasteiger partial charge in [0.05, 0.1) is 11.1 Å². The quantitative estimate of drug-likeness (QED) is 0.155. The van der Waals surface area contributed by atoms with Gasteiger partial charge in [-0.05, 0) is 62.1 Å². The lowest BCUT2D eigenvalue weighted by molar-refractivity contribution is -0.149. The number of rotatable bonds is 5. The molecule has 1 aliphatic heterocycles. The van der Waals surface area contributed by atoms with E-state index in [-0.39, 0.29) is 0 Å². The lowest BCUT2D eigenvalue weighted by Gasteiger charge is -2.37. The van der Waals surface area contributed by atoms with Crippen LogP contribution < -0.4 is 15.1 Å². The summed E-state index contributed by atoms with van der Waals surface area (Å²) in [5, 5.41) is 8.21. The topological polar surface area (TPSA) is 109 Å². The molecule has 2 aromatic heterocycles. The van der Waals surface area contributed by atoms with Gasteiger partial charge < -0.3 is 24.7 Å². The van der Waals surface area contributed by atoms with Crippen LogP contribution in [0.4, 0.5) is 16.4 Å². The summed E-state index contributed by atoms with van der Waals surface area (Å²) >= 11 is 3.65. The second-order valence-corrected chi connectivity index (χ2v) is 14.8. The van der Waals surface area contributed by atoms with E-state index in [2.05, 4.69) is 53.3 Å². The van der Waals surface area contributed by atoms with Crippen LogP contribution in [0, 0.1) is 5.41 Å². The number of carbonyl (C=O) groups is 2. The summed E-state index contributed by atoms with van der Waals surface area (Å²) in [7, 11) is 0. The highest BCUT2D eigenvalue weighted by molar-refractivity contribution is 9.10. The predicted octanol–water partition coefficient (Wildman–Crippen LogP) is 6.93. The molecule has 11 heteroatoms. The number of alkyl carbamates (subject to hydrolysis) is 1. The third-order valence-electron chi connectivity index (χ3n) is 8.16. The number of hydrogen-bond acceptors (Lipinski definition) is 9. The van der Waals surface area contributed by atoms with Crippen molar-refractivity contribution in [3.8, 4) is 11.1 Å². The van der Waals surface area contributed by atoms with Gasteiger partial charge in [0.1, 0.15) is 29.0 Å².